The third-order valence-corrected chi connectivity index (χ3v) is 4.12. The molecule has 1 aromatic rings. The van der Waals surface area contributed by atoms with E-state index in [1.807, 2.05) is 13.8 Å². The van der Waals surface area contributed by atoms with Crippen molar-refractivity contribution >= 4 is 40.9 Å². The zero-order valence-corrected chi connectivity index (χ0v) is 12.3. The van der Waals surface area contributed by atoms with Crippen molar-refractivity contribution < 1.29 is 14.7 Å². The molecule has 0 heterocycles. The maximum Gasteiger partial charge on any atom is 0.316 e. The second kappa shape index (κ2) is 7.40. The third kappa shape index (κ3) is 5.53. The number of amides is 1. The van der Waals surface area contributed by atoms with E-state index in [9.17, 15) is 9.59 Å². The number of rotatable bonds is 6. The molecule has 0 bridgehead atoms. The largest absolute Gasteiger partial charge is 0.480 e. The van der Waals surface area contributed by atoms with Gasteiger partial charge in [-0.1, -0.05) is 31.5 Å². The number of hydrogen-bond donors (Lipinski definition) is 2. The van der Waals surface area contributed by atoms with Gasteiger partial charge in [0.15, 0.2) is 0 Å². The van der Waals surface area contributed by atoms with Crippen molar-refractivity contribution in [2.24, 2.45) is 5.92 Å². The lowest BCUT2D eigenvalue weighted by molar-refractivity contribution is -0.137. The van der Waals surface area contributed by atoms with E-state index in [1.54, 1.807) is 24.3 Å². The first-order chi connectivity index (χ1) is 8.90. The van der Waals surface area contributed by atoms with Gasteiger partial charge in [0.2, 0.25) is 5.91 Å². The number of carbonyl (C=O) groups is 2. The summed E-state index contributed by atoms with van der Waals surface area (Å²) in [6, 6.07) is 6.82. The number of benzene rings is 1. The molecule has 1 aromatic carbocycles. The summed E-state index contributed by atoms with van der Waals surface area (Å²) >= 11 is 6.93. The van der Waals surface area contributed by atoms with E-state index in [0.29, 0.717) is 10.7 Å². The Morgan fingerprint density at radius 3 is 2.63 bits per heavy atom. The van der Waals surface area contributed by atoms with Crippen LogP contribution in [0.4, 0.5) is 5.69 Å². The summed E-state index contributed by atoms with van der Waals surface area (Å²) in [4.78, 5) is 22.7. The van der Waals surface area contributed by atoms with E-state index in [2.05, 4.69) is 5.32 Å². The number of carbonyl (C=O) groups excluding carboxylic acids is 1. The standard InChI is InChI=1S/C13H16ClNO3S/c1-8(2)12(13(17)18)19-7-11(16)15-10-5-3-4-9(14)6-10/h3-6,8,12H,7H2,1-2H3,(H,15,16)(H,17,18). The fourth-order valence-corrected chi connectivity index (χ4v) is 2.60. The molecule has 2 N–H and O–H groups in total. The summed E-state index contributed by atoms with van der Waals surface area (Å²) in [6.07, 6.45) is 0. The minimum absolute atomic E-state index is 0.0264. The maximum absolute atomic E-state index is 11.7. The highest BCUT2D eigenvalue weighted by molar-refractivity contribution is 8.01. The maximum atomic E-state index is 11.7. The first kappa shape index (κ1) is 15.9. The van der Waals surface area contributed by atoms with E-state index in [0.717, 1.165) is 11.8 Å². The second-order valence-corrected chi connectivity index (χ2v) is 5.94. The smallest absolute Gasteiger partial charge is 0.316 e. The Labute approximate surface area is 121 Å². The van der Waals surface area contributed by atoms with Gasteiger partial charge in [0.05, 0.1) is 5.75 Å². The van der Waals surface area contributed by atoms with Crippen LogP contribution in [0.15, 0.2) is 24.3 Å². The normalized spacial score (nSPS) is 12.2. The van der Waals surface area contributed by atoms with Gasteiger partial charge >= 0.3 is 5.97 Å². The van der Waals surface area contributed by atoms with Gasteiger partial charge in [0, 0.05) is 10.7 Å². The molecule has 4 nitrogen and oxygen atoms in total. The highest BCUT2D eigenvalue weighted by Crippen LogP contribution is 2.20. The Hall–Kier alpha value is -1.20. The van der Waals surface area contributed by atoms with Gasteiger partial charge in [0.25, 0.3) is 0 Å². The summed E-state index contributed by atoms with van der Waals surface area (Å²) in [5.41, 5.74) is 0.606. The molecule has 1 unspecified atom stereocenters. The fraction of sp³-hybridized carbons (Fsp3) is 0.385. The zero-order valence-electron chi connectivity index (χ0n) is 10.7. The van der Waals surface area contributed by atoms with Crippen LogP contribution in [0.1, 0.15) is 13.8 Å². The van der Waals surface area contributed by atoms with Crippen molar-refractivity contribution in [3.63, 3.8) is 0 Å². The van der Waals surface area contributed by atoms with E-state index >= 15 is 0 Å². The number of carboxylic acids is 1. The summed E-state index contributed by atoms with van der Waals surface area (Å²) in [7, 11) is 0. The van der Waals surface area contributed by atoms with Gasteiger partial charge < -0.3 is 10.4 Å². The van der Waals surface area contributed by atoms with Crippen LogP contribution in [0.25, 0.3) is 0 Å². The van der Waals surface area contributed by atoms with Crippen molar-refractivity contribution in [2.75, 3.05) is 11.1 Å². The number of carboxylic acid groups (broad SMARTS) is 1. The Morgan fingerprint density at radius 1 is 1.42 bits per heavy atom. The highest BCUT2D eigenvalue weighted by Gasteiger charge is 2.22. The molecule has 0 aromatic heterocycles. The Balaban J connectivity index is 2.50. The number of nitrogens with one attached hydrogen (secondary N) is 1. The molecule has 19 heavy (non-hydrogen) atoms. The molecular weight excluding hydrogens is 286 g/mol. The van der Waals surface area contributed by atoms with Crippen LogP contribution >= 0.6 is 23.4 Å². The van der Waals surface area contributed by atoms with Crippen LogP contribution < -0.4 is 5.32 Å². The summed E-state index contributed by atoms with van der Waals surface area (Å²) in [5, 5.41) is 11.7. The average molecular weight is 302 g/mol. The van der Waals surface area contributed by atoms with Crippen LogP contribution in [0, 0.1) is 5.92 Å². The van der Waals surface area contributed by atoms with Gasteiger partial charge in [-0.05, 0) is 24.1 Å². The van der Waals surface area contributed by atoms with Crippen LogP contribution in [0.2, 0.25) is 5.02 Å². The topological polar surface area (TPSA) is 66.4 Å². The molecule has 0 aliphatic carbocycles. The van der Waals surface area contributed by atoms with Crippen LogP contribution in [0.5, 0.6) is 0 Å². The Kier molecular flexibility index (Phi) is 6.18. The molecule has 0 saturated heterocycles. The number of aliphatic carboxylic acids is 1. The lowest BCUT2D eigenvalue weighted by Crippen LogP contribution is -2.25. The van der Waals surface area contributed by atoms with Gasteiger partial charge in [-0.2, -0.15) is 0 Å². The van der Waals surface area contributed by atoms with E-state index < -0.39 is 11.2 Å². The summed E-state index contributed by atoms with van der Waals surface area (Å²) in [5.74, 6) is -1.06. The van der Waals surface area contributed by atoms with E-state index in [1.165, 1.54) is 0 Å². The highest BCUT2D eigenvalue weighted by atomic mass is 35.5. The fourth-order valence-electron chi connectivity index (χ4n) is 1.48. The average Bonchev–Trinajstić information content (AvgIpc) is 2.27. The molecule has 0 saturated carbocycles. The predicted molar refractivity (Wildman–Crippen MR) is 78.8 cm³/mol. The molecule has 1 atom stereocenters. The molecular formula is C13H16ClNO3S. The molecule has 6 heteroatoms. The molecule has 1 amide bonds. The van der Waals surface area contributed by atoms with Gasteiger partial charge in [-0.3, -0.25) is 9.59 Å². The molecule has 1 rings (SSSR count). The zero-order chi connectivity index (χ0) is 14.4. The lowest BCUT2D eigenvalue weighted by Gasteiger charge is -2.15. The number of anilines is 1. The molecule has 0 radical (unpaired) electrons. The SMILES string of the molecule is CC(C)C(SCC(=O)Nc1cccc(Cl)c1)C(=O)O. The van der Waals surface area contributed by atoms with Crippen LogP contribution in [-0.2, 0) is 9.59 Å². The Morgan fingerprint density at radius 2 is 2.11 bits per heavy atom. The van der Waals surface area contributed by atoms with Crippen molar-refractivity contribution in [2.45, 2.75) is 19.1 Å². The first-order valence-corrected chi connectivity index (χ1v) is 7.22. The van der Waals surface area contributed by atoms with Crippen LogP contribution in [0.3, 0.4) is 0 Å². The first-order valence-electron chi connectivity index (χ1n) is 5.80. The third-order valence-electron chi connectivity index (χ3n) is 2.35. The number of halogens is 1. The molecule has 0 aliphatic rings. The van der Waals surface area contributed by atoms with E-state index in [-0.39, 0.29) is 17.6 Å². The second-order valence-electron chi connectivity index (χ2n) is 4.37. The van der Waals surface area contributed by atoms with Gasteiger partial charge in [-0.25, -0.2) is 0 Å². The van der Waals surface area contributed by atoms with Gasteiger partial charge in [-0.15, -0.1) is 11.8 Å². The Bertz CT molecular complexity index is 465. The van der Waals surface area contributed by atoms with E-state index in [4.69, 9.17) is 16.7 Å². The molecule has 0 spiro atoms. The molecule has 0 fully saturated rings. The van der Waals surface area contributed by atoms with Crippen molar-refractivity contribution in [3.8, 4) is 0 Å². The summed E-state index contributed by atoms with van der Waals surface area (Å²) < 4.78 is 0. The minimum atomic E-state index is -0.893. The quantitative estimate of drug-likeness (QED) is 0.847. The number of hydrogen-bond acceptors (Lipinski definition) is 3. The van der Waals surface area contributed by atoms with Crippen molar-refractivity contribution in [3.05, 3.63) is 29.3 Å². The van der Waals surface area contributed by atoms with Gasteiger partial charge in [0.1, 0.15) is 5.25 Å². The monoisotopic (exact) mass is 301 g/mol. The van der Waals surface area contributed by atoms with Crippen molar-refractivity contribution in [1.82, 2.24) is 0 Å². The van der Waals surface area contributed by atoms with Crippen molar-refractivity contribution in [1.29, 1.82) is 0 Å². The lowest BCUT2D eigenvalue weighted by atomic mass is 10.1. The van der Waals surface area contributed by atoms with Crippen LogP contribution in [-0.4, -0.2) is 28.0 Å². The summed E-state index contributed by atoms with van der Waals surface area (Å²) in [6.45, 7) is 3.64. The minimum Gasteiger partial charge on any atom is -0.480 e. The molecule has 0 aliphatic heterocycles. The predicted octanol–water partition coefficient (Wildman–Crippen LogP) is 3.12. The molecule has 104 valence electrons. The number of thioether (sulfide) groups is 1.